The smallest absolute Gasteiger partial charge is 0.164 e. The van der Waals surface area contributed by atoms with E-state index in [1.807, 2.05) is 37.3 Å². The van der Waals surface area contributed by atoms with Crippen molar-refractivity contribution in [3.63, 3.8) is 0 Å². The second-order valence-corrected chi connectivity index (χ2v) is 4.86. The van der Waals surface area contributed by atoms with Crippen molar-refractivity contribution in [2.75, 3.05) is 13.2 Å². The highest BCUT2D eigenvalue weighted by atomic mass is 16.6. The Morgan fingerprint density at radius 2 is 2.17 bits per heavy atom. The molecule has 1 saturated heterocycles. The Kier molecular flexibility index (Phi) is 3.37. The maximum Gasteiger partial charge on any atom is 0.164 e. The zero-order chi connectivity index (χ0) is 13.2. The van der Waals surface area contributed by atoms with Gasteiger partial charge < -0.3 is 9.84 Å². The van der Waals surface area contributed by atoms with Crippen LogP contribution in [0.5, 0.6) is 0 Å². The van der Waals surface area contributed by atoms with Crippen LogP contribution in [0.15, 0.2) is 43.0 Å². The summed E-state index contributed by atoms with van der Waals surface area (Å²) in [6, 6.07) is 9.70. The molecule has 0 radical (unpaired) electrons. The normalized spacial score (nSPS) is 25.2. The second kappa shape index (κ2) is 4.67. The zero-order valence-electron chi connectivity index (χ0n) is 10.6. The number of aliphatic hydroxyl groups excluding tert-OH is 1. The van der Waals surface area contributed by atoms with E-state index >= 15 is 0 Å². The SMILES string of the molecule is C=CC(=O)C(C)(CCO)C1(c2ccccc2)CO1. The van der Waals surface area contributed by atoms with Crippen LogP contribution in [0.2, 0.25) is 0 Å². The highest BCUT2D eigenvalue weighted by molar-refractivity contribution is 5.95. The molecule has 0 bridgehead atoms. The van der Waals surface area contributed by atoms with Crippen LogP contribution in [0.25, 0.3) is 0 Å². The molecule has 1 aliphatic heterocycles. The number of ether oxygens (including phenoxy) is 1. The zero-order valence-corrected chi connectivity index (χ0v) is 10.6. The fourth-order valence-electron chi connectivity index (χ4n) is 2.56. The summed E-state index contributed by atoms with van der Waals surface area (Å²) in [4.78, 5) is 12.2. The van der Waals surface area contributed by atoms with Gasteiger partial charge in [0.05, 0.1) is 12.0 Å². The molecule has 0 amide bonds. The number of ketones is 1. The Morgan fingerprint density at radius 3 is 2.61 bits per heavy atom. The maximum absolute atomic E-state index is 12.2. The number of hydrogen-bond acceptors (Lipinski definition) is 3. The van der Waals surface area contributed by atoms with Gasteiger partial charge in [0.2, 0.25) is 0 Å². The van der Waals surface area contributed by atoms with Gasteiger partial charge in [-0.15, -0.1) is 0 Å². The van der Waals surface area contributed by atoms with Crippen LogP contribution in [0.4, 0.5) is 0 Å². The molecule has 0 spiro atoms. The third-order valence-corrected chi connectivity index (χ3v) is 3.91. The van der Waals surface area contributed by atoms with Crippen molar-refractivity contribution >= 4 is 5.78 Å². The van der Waals surface area contributed by atoms with E-state index in [0.717, 1.165) is 5.56 Å². The summed E-state index contributed by atoms with van der Waals surface area (Å²) < 4.78 is 5.64. The largest absolute Gasteiger partial charge is 0.396 e. The number of benzene rings is 1. The predicted octanol–water partition coefficient (Wildman–Crippen LogP) is 2.06. The average molecular weight is 246 g/mol. The van der Waals surface area contributed by atoms with Gasteiger partial charge in [-0.05, 0) is 25.0 Å². The topological polar surface area (TPSA) is 49.8 Å². The van der Waals surface area contributed by atoms with Gasteiger partial charge in [-0.2, -0.15) is 0 Å². The fourth-order valence-corrected chi connectivity index (χ4v) is 2.56. The Hall–Kier alpha value is -1.45. The first-order chi connectivity index (χ1) is 8.60. The van der Waals surface area contributed by atoms with E-state index in [1.54, 1.807) is 0 Å². The van der Waals surface area contributed by atoms with Gasteiger partial charge in [0.25, 0.3) is 0 Å². The van der Waals surface area contributed by atoms with Gasteiger partial charge in [-0.25, -0.2) is 0 Å². The molecule has 2 unspecified atom stereocenters. The predicted molar refractivity (Wildman–Crippen MR) is 69.1 cm³/mol. The maximum atomic E-state index is 12.2. The van der Waals surface area contributed by atoms with Gasteiger partial charge in [0, 0.05) is 6.61 Å². The molecule has 0 aliphatic carbocycles. The quantitative estimate of drug-likeness (QED) is 0.617. The number of epoxide rings is 1. The minimum absolute atomic E-state index is 0.0476. The van der Waals surface area contributed by atoms with Crippen molar-refractivity contribution in [2.24, 2.45) is 5.41 Å². The Bertz CT molecular complexity index is 448. The highest BCUT2D eigenvalue weighted by Crippen LogP contribution is 2.55. The molecular weight excluding hydrogens is 228 g/mol. The molecule has 1 heterocycles. The minimum atomic E-state index is -0.759. The van der Waals surface area contributed by atoms with Gasteiger partial charge in [0.1, 0.15) is 5.60 Å². The lowest BCUT2D eigenvalue weighted by Gasteiger charge is -2.33. The number of aliphatic hydroxyl groups is 1. The van der Waals surface area contributed by atoms with E-state index in [0.29, 0.717) is 13.0 Å². The lowest BCUT2D eigenvalue weighted by atomic mass is 9.68. The summed E-state index contributed by atoms with van der Waals surface area (Å²) >= 11 is 0. The minimum Gasteiger partial charge on any atom is -0.396 e. The fraction of sp³-hybridized carbons (Fsp3) is 0.400. The summed E-state index contributed by atoms with van der Waals surface area (Å²) in [7, 11) is 0. The molecule has 1 aromatic rings. The van der Waals surface area contributed by atoms with E-state index in [9.17, 15) is 9.90 Å². The van der Waals surface area contributed by atoms with Crippen LogP contribution >= 0.6 is 0 Å². The molecular formula is C15H18O3. The van der Waals surface area contributed by atoms with E-state index < -0.39 is 11.0 Å². The van der Waals surface area contributed by atoms with E-state index in [-0.39, 0.29) is 12.4 Å². The van der Waals surface area contributed by atoms with Gasteiger partial charge in [-0.3, -0.25) is 4.79 Å². The summed E-state index contributed by atoms with van der Waals surface area (Å²) in [6.45, 7) is 5.86. The molecule has 1 fully saturated rings. The molecule has 0 aromatic heterocycles. The summed E-state index contributed by atoms with van der Waals surface area (Å²) in [5, 5.41) is 9.24. The Morgan fingerprint density at radius 1 is 1.56 bits per heavy atom. The summed E-state index contributed by atoms with van der Waals surface area (Å²) in [6.07, 6.45) is 1.69. The van der Waals surface area contributed by atoms with Crippen molar-refractivity contribution in [1.82, 2.24) is 0 Å². The molecule has 18 heavy (non-hydrogen) atoms. The Balaban J connectivity index is 2.43. The van der Waals surface area contributed by atoms with Crippen LogP contribution in [0.1, 0.15) is 18.9 Å². The van der Waals surface area contributed by atoms with Crippen LogP contribution in [-0.2, 0) is 15.1 Å². The molecule has 3 nitrogen and oxygen atoms in total. The number of carbonyl (C=O) groups is 1. The monoisotopic (exact) mass is 246 g/mol. The number of hydrogen-bond donors (Lipinski definition) is 1. The molecule has 1 aromatic carbocycles. The van der Waals surface area contributed by atoms with Gasteiger partial charge >= 0.3 is 0 Å². The van der Waals surface area contributed by atoms with Crippen molar-refractivity contribution in [3.8, 4) is 0 Å². The molecule has 3 heteroatoms. The standard InChI is InChI=1S/C15H18O3/c1-3-13(17)14(2,9-10-16)15(11-18-15)12-7-5-4-6-8-12/h3-8,16H,1,9-11H2,2H3. The molecule has 2 atom stereocenters. The van der Waals surface area contributed by atoms with E-state index in [2.05, 4.69) is 6.58 Å². The molecule has 1 N–H and O–H groups in total. The van der Waals surface area contributed by atoms with Crippen molar-refractivity contribution in [2.45, 2.75) is 18.9 Å². The van der Waals surface area contributed by atoms with Crippen LogP contribution in [0.3, 0.4) is 0 Å². The van der Waals surface area contributed by atoms with Crippen LogP contribution in [-0.4, -0.2) is 24.1 Å². The van der Waals surface area contributed by atoms with Crippen molar-refractivity contribution in [1.29, 1.82) is 0 Å². The van der Waals surface area contributed by atoms with Crippen LogP contribution < -0.4 is 0 Å². The molecule has 1 aliphatic rings. The van der Waals surface area contributed by atoms with Gasteiger partial charge in [0.15, 0.2) is 5.78 Å². The third kappa shape index (κ3) is 1.80. The van der Waals surface area contributed by atoms with E-state index in [4.69, 9.17) is 4.74 Å². The van der Waals surface area contributed by atoms with Crippen molar-refractivity contribution in [3.05, 3.63) is 48.6 Å². The lowest BCUT2D eigenvalue weighted by Crippen LogP contribution is -2.41. The molecule has 0 saturated carbocycles. The van der Waals surface area contributed by atoms with Crippen LogP contribution in [0, 0.1) is 5.41 Å². The highest BCUT2D eigenvalue weighted by Gasteiger charge is 2.62. The summed E-state index contributed by atoms with van der Waals surface area (Å²) in [5.41, 5.74) is -0.385. The third-order valence-electron chi connectivity index (χ3n) is 3.91. The molecule has 96 valence electrons. The number of rotatable bonds is 6. The average Bonchev–Trinajstić information content (AvgIpc) is 3.21. The van der Waals surface area contributed by atoms with Crippen molar-refractivity contribution < 1.29 is 14.6 Å². The first kappa shape index (κ1) is 13.0. The number of allylic oxidation sites excluding steroid dienone is 1. The number of carbonyl (C=O) groups excluding carboxylic acids is 1. The van der Waals surface area contributed by atoms with Gasteiger partial charge in [-0.1, -0.05) is 36.9 Å². The molecule has 2 rings (SSSR count). The second-order valence-electron chi connectivity index (χ2n) is 4.86. The first-order valence-electron chi connectivity index (χ1n) is 6.08. The lowest BCUT2D eigenvalue weighted by molar-refractivity contribution is -0.128. The first-order valence-corrected chi connectivity index (χ1v) is 6.08. The summed E-state index contributed by atoms with van der Waals surface area (Å²) in [5.74, 6) is -0.0853. The Labute approximate surface area is 107 Å². The van der Waals surface area contributed by atoms with E-state index in [1.165, 1.54) is 6.08 Å².